The lowest BCUT2D eigenvalue weighted by Gasteiger charge is -2.28. The van der Waals surface area contributed by atoms with E-state index < -0.39 is 11.9 Å². The van der Waals surface area contributed by atoms with Crippen molar-refractivity contribution in [3.05, 3.63) is 34.6 Å². The van der Waals surface area contributed by atoms with Gasteiger partial charge in [-0.3, -0.25) is 0 Å². The van der Waals surface area contributed by atoms with Gasteiger partial charge in [0.1, 0.15) is 5.82 Å². The van der Waals surface area contributed by atoms with Crippen LogP contribution in [0.4, 0.5) is 4.39 Å². The molecule has 4 heteroatoms. The first-order valence-corrected chi connectivity index (χ1v) is 8.30. The monoisotopic (exact) mass is 311 g/mol. The van der Waals surface area contributed by atoms with Crippen molar-refractivity contribution < 1.29 is 9.50 Å². The third-order valence-electron chi connectivity index (χ3n) is 5.53. The predicted octanol–water partition coefficient (Wildman–Crippen LogP) is 3.71. The number of halogens is 2. The molecule has 2 bridgehead atoms. The van der Waals surface area contributed by atoms with Crippen molar-refractivity contribution >= 4 is 11.6 Å². The van der Waals surface area contributed by atoms with Crippen LogP contribution in [0, 0.1) is 23.6 Å². The van der Waals surface area contributed by atoms with E-state index in [9.17, 15) is 9.50 Å². The van der Waals surface area contributed by atoms with E-state index in [1.54, 1.807) is 12.1 Å². The number of nitrogens with two attached hydrogens (primary N) is 1. The fourth-order valence-corrected chi connectivity index (χ4v) is 4.62. The molecular formula is C17H23ClFNO. The average molecular weight is 312 g/mol. The molecule has 3 N–H and O–H groups in total. The topological polar surface area (TPSA) is 46.2 Å². The van der Waals surface area contributed by atoms with Crippen LogP contribution in [0.2, 0.25) is 5.02 Å². The Kier molecular flexibility index (Phi) is 4.53. The molecule has 5 unspecified atom stereocenters. The minimum absolute atomic E-state index is 0.0954. The maximum atomic E-state index is 14.2. The Morgan fingerprint density at radius 2 is 2.14 bits per heavy atom. The van der Waals surface area contributed by atoms with Crippen LogP contribution in [-0.4, -0.2) is 17.8 Å². The van der Waals surface area contributed by atoms with Crippen LogP contribution in [0.3, 0.4) is 0 Å². The Morgan fingerprint density at radius 3 is 2.76 bits per heavy atom. The maximum absolute atomic E-state index is 14.2. The molecule has 2 nitrogen and oxygen atoms in total. The van der Waals surface area contributed by atoms with E-state index in [4.69, 9.17) is 17.3 Å². The summed E-state index contributed by atoms with van der Waals surface area (Å²) in [4.78, 5) is 0. The zero-order chi connectivity index (χ0) is 15.0. The lowest BCUT2D eigenvalue weighted by molar-refractivity contribution is 0.0998. The summed E-state index contributed by atoms with van der Waals surface area (Å²) in [5, 5.41) is 10.7. The van der Waals surface area contributed by atoms with Crippen molar-refractivity contribution in [3.63, 3.8) is 0 Å². The van der Waals surface area contributed by atoms with Gasteiger partial charge in [0.25, 0.3) is 0 Å². The first kappa shape index (κ1) is 15.3. The van der Waals surface area contributed by atoms with Gasteiger partial charge in [-0.05, 0) is 55.1 Å². The fraction of sp³-hybridized carbons (Fsp3) is 0.647. The Morgan fingerprint density at radius 1 is 1.33 bits per heavy atom. The van der Waals surface area contributed by atoms with Crippen LogP contribution >= 0.6 is 11.6 Å². The number of fused-ring (bicyclic) bond motifs is 2. The van der Waals surface area contributed by atoms with Crippen LogP contribution in [0.15, 0.2) is 18.2 Å². The Balaban J connectivity index is 1.72. The summed E-state index contributed by atoms with van der Waals surface area (Å²) >= 11 is 5.84. The summed E-state index contributed by atoms with van der Waals surface area (Å²) in [7, 11) is 0. The van der Waals surface area contributed by atoms with Gasteiger partial charge in [-0.25, -0.2) is 4.39 Å². The molecule has 0 spiro atoms. The van der Waals surface area contributed by atoms with Crippen molar-refractivity contribution in [1.82, 2.24) is 0 Å². The second kappa shape index (κ2) is 6.23. The quantitative estimate of drug-likeness (QED) is 0.871. The van der Waals surface area contributed by atoms with E-state index >= 15 is 0 Å². The molecule has 0 aliphatic heterocycles. The third kappa shape index (κ3) is 2.96. The number of aliphatic hydroxyl groups is 1. The van der Waals surface area contributed by atoms with Gasteiger partial charge in [-0.2, -0.15) is 0 Å². The lowest BCUT2D eigenvalue weighted by atomic mass is 9.80. The molecular weight excluding hydrogens is 289 g/mol. The number of benzene rings is 1. The largest absolute Gasteiger partial charge is 0.392 e. The molecule has 2 fully saturated rings. The van der Waals surface area contributed by atoms with Crippen LogP contribution in [0.25, 0.3) is 0 Å². The maximum Gasteiger partial charge on any atom is 0.145 e. The number of hydrogen-bond acceptors (Lipinski definition) is 2. The second-order valence-corrected chi connectivity index (χ2v) is 7.13. The van der Waals surface area contributed by atoms with Crippen LogP contribution in [0.1, 0.15) is 43.6 Å². The standard InChI is InChI=1S/C17H23ClFNO/c18-15-3-1-2-13(17(15)19)14(9-20)16(21)8-12-7-10-4-5-11(12)6-10/h1-3,10-12,14,16,21H,4-9,20H2. The minimum Gasteiger partial charge on any atom is -0.392 e. The van der Waals surface area contributed by atoms with Gasteiger partial charge in [-0.1, -0.05) is 30.2 Å². The molecule has 21 heavy (non-hydrogen) atoms. The van der Waals surface area contributed by atoms with E-state index in [1.165, 1.54) is 31.7 Å². The molecule has 0 amide bonds. The molecule has 0 saturated heterocycles. The SMILES string of the molecule is NCC(c1cccc(Cl)c1F)C(O)CC1CC2CCC1C2. The van der Waals surface area contributed by atoms with Crippen molar-refractivity contribution in [3.8, 4) is 0 Å². The molecule has 0 radical (unpaired) electrons. The lowest BCUT2D eigenvalue weighted by Crippen LogP contribution is -2.30. The van der Waals surface area contributed by atoms with E-state index in [0.717, 1.165) is 18.3 Å². The van der Waals surface area contributed by atoms with Crippen LogP contribution < -0.4 is 5.73 Å². The molecule has 0 aromatic heterocycles. The van der Waals surface area contributed by atoms with Gasteiger partial charge in [-0.15, -0.1) is 0 Å². The normalized spacial score (nSPS) is 30.6. The van der Waals surface area contributed by atoms with Crippen LogP contribution in [0.5, 0.6) is 0 Å². The Bertz CT molecular complexity index is 510. The Labute approximate surface area is 130 Å². The smallest absolute Gasteiger partial charge is 0.145 e. The summed E-state index contributed by atoms with van der Waals surface area (Å²) < 4.78 is 14.2. The predicted molar refractivity (Wildman–Crippen MR) is 82.8 cm³/mol. The van der Waals surface area contributed by atoms with Gasteiger partial charge in [0, 0.05) is 12.5 Å². The fourth-order valence-electron chi connectivity index (χ4n) is 4.44. The molecule has 2 saturated carbocycles. The number of aliphatic hydroxyl groups excluding tert-OH is 1. The highest BCUT2D eigenvalue weighted by atomic mass is 35.5. The van der Waals surface area contributed by atoms with Crippen molar-refractivity contribution in [2.75, 3.05) is 6.54 Å². The zero-order valence-corrected chi connectivity index (χ0v) is 12.9. The van der Waals surface area contributed by atoms with Gasteiger partial charge in [0.05, 0.1) is 11.1 Å². The molecule has 116 valence electrons. The first-order valence-electron chi connectivity index (χ1n) is 7.92. The Hall–Kier alpha value is -0.640. The highest BCUT2D eigenvalue weighted by Crippen LogP contribution is 2.50. The minimum atomic E-state index is -0.590. The van der Waals surface area contributed by atoms with E-state index in [-0.39, 0.29) is 17.5 Å². The summed E-state index contributed by atoms with van der Waals surface area (Å²) in [5.41, 5.74) is 6.25. The summed E-state index contributed by atoms with van der Waals surface area (Å²) in [5.74, 6) is 1.37. The van der Waals surface area contributed by atoms with Gasteiger partial charge in [0.2, 0.25) is 0 Å². The van der Waals surface area contributed by atoms with Crippen molar-refractivity contribution in [2.24, 2.45) is 23.5 Å². The van der Waals surface area contributed by atoms with Crippen molar-refractivity contribution in [1.29, 1.82) is 0 Å². The molecule has 5 atom stereocenters. The van der Waals surface area contributed by atoms with Gasteiger partial charge >= 0.3 is 0 Å². The summed E-state index contributed by atoms with van der Waals surface area (Å²) in [6.45, 7) is 0.235. The highest BCUT2D eigenvalue weighted by Gasteiger charge is 2.41. The van der Waals surface area contributed by atoms with E-state index in [1.807, 2.05) is 0 Å². The highest BCUT2D eigenvalue weighted by molar-refractivity contribution is 6.30. The molecule has 2 aliphatic rings. The zero-order valence-electron chi connectivity index (χ0n) is 12.1. The number of hydrogen-bond donors (Lipinski definition) is 2. The molecule has 0 heterocycles. The number of rotatable bonds is 5. The van der Waals surface area contributed by atoms with Crippen molar-refractivity contribution in [2.45, 2.75) is 44.1 Å². The molecule has 1 aromatic carbocycles. The molecule has 2 aliphatic carbocycles. The summed E-state index contributed by atoms with van der Waals surface area (Å²) in [6.07, 6.45) is 5.32. The van der Waals surface area contributed by atoms with Gasteiger partial charge in [0.15, 0.2) is 0 Å². The molecule has 3 rings (SSSR count). The molecule has 1 aromatic rings. The third-order valence-corrected chi connectivity index (χ3v) is 5.82. The van der Waals surface area contributed by atoms with Crippen LogP contribution in [-0.2, 0) is 0 Å². The summed E-state index contributed by atoms with van der Waals surface area (Å²) in [6, 6.07) is 4.92. The van der Waals surface area contributed by atoms with E-state index in [2.05, 4.69) is 0 Å². The first-order chi connectivity index (χ1) is 10.1. The average Bonchev–Trinajstić information content (AvgIpc) is 3.06. The second-order valence-electron chi connectivity index (χ2n) is 6.72. The van der Waals surface area contributed by atoms with Gasteiger partial charge < -0.3 is 10.8 Å². The van der Waals surface area contributed by atoms with E-state index in [0.29, 0.717) is 11.5 Å².